The van der Waals surface area contributed by atoms with Crippen LogP contribution >= 0.6 is 0 Å². The number of hydrogen-bond donors (Lipinski definition) is 0. The van der Waals surface area contributed by atoms with Gasteiger partial charge in [0.05, 0.1) is 0 Å². The summed E-state index contributed by atoms with van der Waals surface area (Å²) in [4.78, 5) is 12.2. The lowest BCUT2D eigenvalue weighted by molar-refractivity contribution is -0.112. The van der Waals surface area contributed by atoms with E-state index in [1.807, 2.05) is 20.8 Å². The third kappa shape index (κ3) is 4.56. The summed E-state index contributed by atoms with van der Waals surface area (Å²) in [5, 5.41) is 0. The largest absolute Gasteiger partial charge is 0.289 e. The van der Waals surface area contributed by atoms with Crippen molar-refractivity contribution in [3.8, 4) is 0 Å². The van der Waals surface area contributed by atoms with Crippen LogP contribution in [0.25, 0.3) is 0 Å². The first kappa shape index (κ1) is 17.7. The van der Waals surface area contributed by atoms with Crippen molar-refractivity contribution in [1.29, 1.82) is 0 Å². The molecule has 0 atom stereocenters. The van der Waals surface area contributed by atoms with Crippen LogP contribution in [0.3, 0.4) is 0 Å². The molecule has 0 radical (unpaired) electrons. The lowest BCUT2D eigenvalue weighted by Gasteiger charge is -2.21. The Morgan fingerprint density at radius 1 is 1.05 bits per heavy atom. The van der Waals surface area contributed by atoms with Gasteiger partial charge in [0.25, 0.3) is 0 Å². The van der Waals surface area contributed by atoms with Crippen LogP contribution in [0.15, 0.2) is 46.1 Å². The Morgan fingerprint density at radius 2 is 1.71 bits per heavy atom. The number of rotatable bonds is 7. The minimum atomic E-state index is 0.184. The molecule has 1 aliphatic rings. The summed E-state index contributed by atoms with van der Waals surface area (Å²) in [6, 6.07) is 0. The fourth-order valence-corrected chi connectivity index (χ4v) is 2.75. The fourth-order valence-electron chi connectivity index (χ4n) is 2.75. The molecular formula is C20H30O. The van der Waals surface area contributed by atoms with Crippen LogP contribution in [0.2, 0.25) is 0 Å². The fraction of sp³-hybridized carbons (Fsp3) is 0.550. The van der Waals surface area contributed by atoms with E-state index in [1.54, 1.807) is 0 Å². The molecule has 0 saturated carbocycles. The smallest absolute Gasteiger partial charge is 0.185 e. The summed E-state index contributed by atoms with van der Waals surface area (Å²) in [5.74, 6) is 0.184. The van der Waals surface area contributed by atoms with Crippen molar-refractivity contribution >= 4 is 5.78 Å². The van der Waals surface area contributed by atoms with Crippen LogP contribution in [-0.2, 0) is 4.79 Å². The Kier molecular flexibility index (Phi) is 6.87. The summed E-state index contributed by atoms with van der Waals surface area (Å²) in [6.07, 6.45) is 9.47. The third-order valence-electron chi connectivity index (χ3n) is 4.59. The van der Waals surface area contributed by atoms with E-state index < -0.39 is 0 Å². The van der Waals surface area contributed by atoms with E-state index in [2.05, 4.69) is 26.5 Å². The van der Waals surface area contributed by atoms with Crippen molar-refractivity contribution < 1.29 is 4.79 Å². The van der Waals surface area contributed by atoms with Gasteiger partial charge in [-0.2, -0.15) is 0 Å². The SMILES string of the molecule is C=C1C(C)=C(C)C(=O)C(C)=C1C/C=C(\C)CCCCCC. The highest BCUT2D eigenvalue weighted by Crippen LogP contribution is 2.33. The van der Waals surface area contributed by atoms with Crippen LogP contribution < -0.4 is 0 Å². The van der Waals surface area contributed by atoms with Crippen LogP contribution in [0.4, 0.5) is 0 Å². The molecule has 0 aromatic heterocycles. The molecule has 1 rings (SSSR count). The van der Waals surface area contributed by atoms with Crippen molar-refractivity contribution in [2.45, 2.75) is 73.1 Å². The summed E-state index contributed by atoms with van der Waals surface area (Å²) in [7, 11) is 0. The van der Waals surface area contributed by atoms with E-state index in [0.717, 1.165) is 34.3 Å². The zero-order valence-electron chi connectivity index (χ0n) is 14.4. The van der Waals surface area contributed by atoms with E-state index in [9.17, 15) is 4.79 Å². The maximum Gasteiger partial charge on any atom is 0.185 e. The van der Waals surface area contributed by atoms with Gasteiger partial charge >= 0.3 is 0 Å². The molecule has 0 aliphatic heterocycles. The van der Waals surface area contributed by atoms with E-state index in [1.165, 1.54) is 37.7 Å². The minimum Gasteiger partial charge on any atom is -0.289 e. The van der Waals surface area contributed by atoms with E-state index >= 15 is 0 Å². The van der Waals surface area contributed by atoms with E-state index in [0.29, 0.717) is 0 Å². The molecule has 0 unspecified atom stereocenters. The van der Waals surface area contributed by atoms with E-state index in [4.69, 9.17) is 0 Å². The molecule has 1 heteroatoms. The van der Waals surface area contributed by atoms with Crippen molar-refractivity contribution in [2.24, 2.45) is 0 Å². The molecule has 0 amide bonds. The number of hydrogen-bond acceptors (Lipinski definition) is 1. The zero-order chi connectivity index (χ0) is 16.0. The molecule has 0 aromatic rings. The summed E-state index contributed by atoms with van der Waals surface area (Å²) in [6.45, 7) is 14.5. The Hall–Kier alpha value is -1.37. The molecule has 0 N–H and O–H groups in total. The molecule has 0 heterocycles. The van der Waals surface area contributed by atoms with Gasteiger partial charge in [-0.25, -0.2) is 0 Å². The van der Waals surface area contributed by atoms with Gasteiger partial charge in [0.2, 0.25) is 0 Å². The standard InChI is InChI=1S/C20H30O/c1-7-8-9-10-11-14(2)12-13-19-16(4)15(3)17(5)20(21)18(19)6/h12H,4,7-11,13H2,1-3,5-6H3/b14-12+. The maximum atomic E-state index is 12.2. The minimum absolute atomic E-state index is 0.184. The van der Waals surface area contributed by atoms with Gasteiger partial charge in [0.15, 0.2) is 5.78 Å². The molecule has 0 fully saturated rings. The van der Waals surface area contributed by atoms with Gasteiger partial charge in [0, 0.05) is 11.1 Å². The highest BCUT2D eigenvalue weighted by atomic mass is 16.1. The van der Waals surface area contributed by atoms with Gasteiger partial charge in [-0.1, -0.05) is 44.4 Å². The first-order chi connectivity index (χ1) is 9.90. The van der Waals surface area contributed by atoms with Gasteiger partial charge in [-0.15, -0.1) is 0 Å². The normalized spacial score (nSPS) is 17.1. The molecular weight excluding hydrogens is 256 g/mol. The monoisotopic (exact) mass is 286 g/mol. The van der Waals surface area contributed by atoms with Gasteiger partial charge in [-0.05, 0) is 63.7 Å². The highest BCUT2D eigenvalue weighted by molar-refractivity contribution is 6.11. The predicted molar refractivity (Wildman–Crippen MR) is 92.4 cm³/mol. The molecule has 1 nitrogen and oxygen atoms in total. The quantitative estimate of drug-likeness (QED) is 0.409. The van der Waals surface area contributed by atoms with E-state index in [-0.39, 0.29) is 5.78 Å². The predicted octanol–water partition coefficient (Wildman–Crippen LogP) is 6.09. The number of unbranched alkanes of at least 4 members (excludes halogenated alkanes) is 3. The second kappa shape index (κ2) is 8.17. The van der Waals surface area contributed by atoms with Crippen LogP contribution in [-0.4, -0.2) is 5.78 Å². The lowest BCUT2D eigenvalue weighted by Crippen LogP contribution is -2.14. The molecule has 0 bridgehead atoms. The Balaban J connectivity index is 2.70. The average Bonchev–Trinajstić information content (AvgIpc) is 2.47. The van der Waals surface area contributed by atoms with Gasteiger partial charge in [0.1, 0.15) is 0 Å². The molecule has 21 heavy (non-hydrogen) atoms. The average molecular weight is 286 g/mol. The molecule has 0 saturated heterocycles. The second-order valence-electron chi connectivity index (χ2n) is 6.23. The number of Topliss-reactive ketones (excluding diaryl/α,β-unsaturated/α-hetero) is 1. The van der Waals surface area contributed by atoms with Crippen molar-refractivity contribution in [3.05, 3.63) is 46.1 Å². The maximum absolute atomic E-state index is 12.2. The number of carbonyl (C=O) groups excluding carboxylic acids is 1. The van der Waals surface area contributed by atoms with Crippen molar-refractivity contribution in [3.63, 3.8) is 0 Å². The van der Waals surface area contributed by atoms with Gasteiger partial charge < -0.3 is 0 Å². The molecule has 0 aromatic carbocycles. The topological polar surface area (TPSA) is 17.1 Å². The summed E-state index contributed by atoms with van der Waals surface area (Å²) in [5.41, 5.74) is 6.36. The van der Waals surface area contributed by atoms with Gasteiger partial charge in [-0.3, -0.25) is 4.79 Å². The summed E-state index contributed by atoms with van der Waals surface area (Å²) >= 11 is 0. The van der Waals surface area contributed by atoms with Crippen molar-refractivity contribution in [2.75, 3.05) is 0 Å². The lowest BCUT2D eigenvalue weighted by atomic mass is 9.82. The number of allylic oxidation sites excluding steroid dienone is 7. The third-order valence-corrected chi connectivity index (χ3v) is 4.59. The molecule has 116 valence electrons. The molecule has 1 aliphatic carbocycles. The second-order valence-corrected chi connectivity index (χ2v) is 6.23. The first-order valence-electron chi connectivity index (χ1n) is 8.17. The Bertz CT molecular complexity index is 512. The number of carbonyl (C=O) groups is 1. The van der Waals surface area contributed by atoms with Crippen LogP contribution in [0, 0.1) is 0 Å². The zero-order valence-corrected chi connectivity index (χ0v) is 14.4. The Morgan fingerprint density at radius 3 is 2.33 bits per heavy atom. The highest BCUT2D eigenvalue weighted by Gasteiger charge is 2.22. The van der Waals surface area contributed by atoms with Crippen molar-refractivity contribution in [1.82, 2.24) is 0 Å². The first-order valence-corrected chi connectivity index (χ1v) is 8.17. The number of ketones is 1. The van der Waals surface area contributed by atoms with Crippen LogP contribution in [0.5, 0.6) is 0 Å². The molecule has 0 spiro atoms. The Labute approximate surface area is 130 Å². The van der Waals surface area contributed by atoms with Crippen LogP contribution in [0.1, 0.15) is 73.1 Å². The summed E-state index contributed by atoms with van der Waals surface area (Å²) < 4.78 is 0.